The van der Waals surface area contributed by atoms with Crippen LogP contribution in [0.25, 0.3) is 11.0 Å². The van der Waals surface area contributed by atoms with E-state index < -0.39 is 0 Å². The summed E-state index contributed by atoms with van der Waals surface area (Å²) in [4.78, 5) is 19.2. The van der Waals surface area contributed by atoms with Crippen LogP contribution >= 0.6 is 11.6 Å². The van der Waals surface area contributed by atoms with Crippen LogP contribution in [-0.4, -0.2) is 34.9 Å². The van der Waals surface area contributed by atoms with Crippen molar-refractivity contribution >= 4 is 28.5 Å². The first-order chi connectivity index (χ1) is 13.1. The molecular weight excluding hydrogens is 362 g/mol. The van der Waals surface area contributed by atoms with Gasteiger partial charge in [-0.3, -0.25) is 14.7 Å². The number of hydrogen-bond donors (Lipinski definition) is 1. The van der Waals surface area contributed by atoms with E-state index in [-0.39, 0.29) is 11.9 Å². The van der Waals surface area contributed by atoms with Crippen LogP contribution in [0.3, 0.4) is 0 Å². The number of fused-ring (bicyclic) bond motifs is 1. The number of pyridine rings is 1. The second-order valence-corrected chi connectivity index (χ2v) is 7.51. The molecule has 0 bridgehead atoms. The molecular formula is C21H22ClN3O2. The van der Waals surface area contributed by atoms with E-state index in [2.05, 4.69) is 15.2 Å². The van der Waals surface area contributed by atoms with Crippen LogP contribution in [-0.2, 0) is 6.54 Å². The van der Waals surface area contributed by atoms with Crippen LogP contribution in [0.2, 0.25) is 5.02 Å². The molecule has 1 aliphatic heterocycles. The molecule has 0 spiro atoms. The van der Waals surface area contributed by atoms with Gasteiger partial charge in [0.1, 0.15) is 5.58 Å². The number of aromatic nitrogens is 1. The average Bonchev–Trinajstić information content (AvgIpc) is 3.00. The highest BCUT2D eigenvalue weighted by atomic mass is 35.5. The van der Waals surface area contributed by atoms with E-state index in [9.17, 15) is 4.79 Å². The molecule has 0 aliphatic carbocycles. The number of halogens is 1. The maximum atomic E-state index is 12.7. The van der Waals surface area contributed by atoms with E-state index in [0.717, 1.165) is 43.4 Å². The molecule has 1 N–H and O–H groups in total. The van der Waals surface area contributed by atoms with Gasteiger partial charge in [0.05, 0.1) is 0 Å². The Kier molecular flexibility index (Phi) is 5.14. The summed E-state index contributed by atoms with van der Waals surface area (Å²) >= 11 is 6.06. The Morgan fingerprint density at radius 1 is 1.26 bits per heavy atom. The zero-order valence-corrected chi connectivity index (χ0v) is 16.0. The molecule has 2 aromatic heterocycles. The highest BCUT2D eigenvalue weighted by molar-refractivity contribution is 6.31. The Balaban J connectivity index is 1.36. The van der Waals surface area contributed by atoms with Crippen LogP contribution in [0.1, 0.15) is 34.5 Å². The first kappa shape index (κ1) is 18.0. The minimum atomic E-state index is -0.146. The Labute approximate surface area is 163 Å². The van der Waals surface area contributed by atoms with Crippen molar-refractivity contribution in [2.24, 2.45) is 0 Å². The third-order valence-corrected chi connectivity index (χ3v) is 5.42. The Morgan fingerprint density at radius 2 is 2.00 bits per heavy atom. The number of carbonyl (C=O) groups is 1. The van der Waals surface area contributed by atoms with Gasteiger partial charge in [-0.05, 0) is 55.7 Å². The maximum Gasteiger partial charge on any atom is 0.287 e. The van der Waals surface area contributed by atoms with Gasteiger partial charge in [-0.1, -0.05) is 11.6 Å². The second-order valence-electron chi connectivity index (χ2n) is 7.08. The number of amides is 1. The summed E-state index contributed by atoms with van der Waals surface area (Å²) in [6, 6.07) is 9.67. The lowest BCUT2D eigenvalue weighted by atomic mass is 10.0. The topological polar surface area (TPSA) is 58.4 Å². The summed E-state index contributed by atoms with van der Waals surface area (Å²) in [7, 11) is 0. The van der Waals surface area contributed by atoms with Crippen LogP contribution in [0, 0.1) is 6.92 Å². The van der Waals surface area contributed by atoms with Crippen molar-refractivity contribution in [3.8, 4) is 0 Å². The number of furan rings is 1. The molecule has 1 aromatic carbocycles. The molecule has 3 heterocycles. The summed E-state index contributed by atoms with van der Waals surface area (Å²) in [5.74, 6) is 0.235. The van der Waals surface area contributed by atoms with Crippen molar-refractivity contribution in [2.75, 3.05) is 13.1 Å². The van der Waals surface area contributed by atoms with Gasteiger partial charge in [0.15, 0.2) is 5.76 Å². The lowest BCUT2D eigenvalue weighted by molar-refractivity contribution is 0.0882. The Morgan fingerprint density at radius 3 is 2.74 bits per heavy atom. The van der Waals surface area contributed by atoms with Gasteiger partial charge in [-0.25, -0.2) is 0 Å². The molecule has 1 amide bonds. The van der Waals surface area contributed by atoms with Crippen molar-refractivity contribution < 1.29 is 9.21 Å². The largest absolute Gasteiger partial charge is 0.451 e. The number of benzene rings is 1. The number of likely N-dealkylation sites (tertiary alicyclic amines) is 1. The molecule has 1 fully saturated rings. The summed E-state index contributed by atoms with van der Waals surface area (Å²) in [5, 5.41) is 4.66. The predicted octanol–water partition coefficient (Wildman–Crippen LogP) is 4.18. The average molecular weight is 384 g/mol. The lowest BCUT2D eigenvalue weighted by Crippen LogP contribution is -2.44. The lowest BCUT2D eigenvalue weighted by Gasteiger charge is -2.32. The van der Waals surface area contributed by atoms with E-state index >= 15 is 0 Å². The number of rotatable bonds is 4. The van der Waals surface area contributed by atoms with Gasteiger partial charge in [-0.2, -0.15) is 0 Å². The van der Waals surface area contributed by atoms with Crippen LogP contribution in [0.15, 0.2) is 47.1 Å². The van der Waals surface area contributed by atoms with Gasteiger partial charge in [0, 0.05) is 54.0 Å². The normalized spacial score (nSPS) is 15.9. The number of nitrogens with one attached hydrogen (secondary N) is 1. The van der Waals surface area contributed by atoms with Gasteiger partial charge in [0.25, 0.3) is 5.91 Å². The van der Waals surface area contributed by atoms with Crippen molar-refractivity contribution in [3.63, 3.8) is 0 Å². The molecule has 3 aromatic rings. The highest BCUT2D eigenvalue weighted by Crippen LogP contribution is 2.28. The molecule has 0 unspecified atom stereocenters. The summed E-state index contributed by atoms with van der Waals surface area (Å²) in [6.07, 6.45) is 5.51. The number of aryl methyl sites for hydroxylation is 1. The molecule has 140 valence electrons. The van der Waals surface area contributed by atoms with E-state index in [0.29, 0.717) is 16.4 Å². The highest BCUT2D eigenvalue weighted by Gasteiger charge is 2.24. The SMILES string of the molecule is Cc1c(C(=O)NC2CCN(Cc3ccncc3)CC2)oc2ccc(Cl)cc12. The Hall–Kier alpha value is -2.37. The number of hydrogen-bond acceptors (Lipinski definition) is 4. The van der Waals surface area contributed by atoms with E-state index in [1.54, 1.807) is 12.1 Å². The molecule has 4 rings (SSSR count). The molecule has 27 heavy (non-hydrogen) atoms. The monoisotopic (exact) mass is 383 g/mol. The van der Waals surface area contributed by atoms with Crippen molar-refractivity contribution in [2.45, 2.75) is 32.4 Å². The number of piperidine rings is 1. The van der Waals surface area contributed by atoms with Crippen molar-refractivity contribution in [1.82, 2.24) is 15.2 Å². The maximum absolute atomic E-state index is 12.7. The fraction of sp³-hybridized carbons (Fsp3) is 0.333. The van der Waals surface area contributed by atoms with E-state index in [1.165, 1.54) is 5.56 Å². The van der Waals surface area contributed by atoms with E-state index in [4.69, 9.17) is 16.0 Å². The summed E-state index contributed by atoms with van der Waals surface area (Å²) in [5.41, 5.74) is 2.79. The smallest absolute Gasteiger partial charge is 0.287 e. The zero-order valence-electron chi connectivity index (χ0n) is 15.2. The third kappa shape index (κ3) is 3.99. The van der Waals surface area contributed by atoms with Crippen molar-refractivity contribution in [3.05, 3.63) is 64.6 Å². The third-order valence-electron chi connectivity index (χ3n) is 5.18. The number of carbonyl (C=O) groups excluding carboxylic acids is 1. The van der Waals surface area contributed by atoms with E-state index in [1.807, 2.05) is 37.5 Å². The van der Waals surface area contributed by atoms with Gasteiger partial charge in [-0.15, -0.1) is 0 Å². The predicted molar refractivity (Wildman–Crippen MR) is 106 cm³/mol. The fourth-order valence-corrected chi connectivity index (χ4v) is 3.81. The van der Waals surface area contributed by atoms with Gasteiger partial charge < -0.3 is 9.73 Å². The Bertz CT molecular complexity index is 947. The first-order valence-corrected chi connectivity index (χ1v) is 9.59. The molecule has 5 nitrogen and oxygen atoms in total. The quantitative estimate of drug-likeness (QED) is 0.734. The number of nitrogens with zero attached hydrogens (tertiary/aromatic N) is 2. The molecule has 6 heteroatoms. The van der Waals surface area contributed by atoms with Gasteiger partial charge >= 0.3 is 0 Å². The van der Waals surface area contributed by atoms with Gasteiger partial charge in [0.2, 0.25) is 0 Å². The second kappa shape index (κ2) is 7.71. The molecule has 0 atom stereocenters. The molecule has 0 radical (unpaired) electrons. The zero-order chi connectivity index (χ0) is 18.8. The van der Waals surface area contributed by atoms with Crippen LogP contribution in [0.4, 0.5) is 0 Å². The standard InChI is InChI=1S/C21H22ClN3O2/c1-14-18-12-16(22)2-3-19(18)27-20(14)21(26)24-17-6-10-25(11-7-17)13-15-4-8-23-9-5-15/h2-5,8-9,12,17H,6-7,10-11,13H2,1H3,(H,24,26). The minimum absolute atomic E-state index is 0.146. The summed E-state index contributed by atoms with van der Waals surface area (Å²) in [6.45, 7) is 4.74. The minimum Gasteiger partial charge on any atom is -0.451 e. The first-order valence-electron chi connectivity index (χ1n) is 9.21. The van der Waals surface area contributed by atoms with Crippen LogP contribution < -0.4 is 5.32 Å². The molecule has 1 aliphatic rings. The molecule has 0 saturated carbocycles. The van der Waals surface area contributed by atoms with Crippen molar-refractivity contribution in [1.29, 1.82) is 0 Å². The summed E-state index contributed by atoms with van der Waals surface area (Å²) < 4.78 is 5.77. The van der Waals surface area contributed by atoms with Crippen LogP contribution in [0.5, 0.6) is 0 Å². The fourth-order valence-electron chi connectivity index (χ4n) is 3.64. The molecule has 1 saturated heterocycles.